The first kappa shape index (κ1) is 17.4. The number of benzene rings is 1. The molecule has 118 valence electrons. The van der Waals surface area contributed by atoms with Crippen LogP contribution in [0.25, 0.3) is 0 Å². The standard InChI is InChI=1S/C14H21FN2O3S/c1-5-9(2)10(3)14(18)16-12-7-6-11(15)8-13(12)17-21(4,19)20/h6-10,17H,5H2,1-4H3,(H,16,18)/t9-,10+/m0/s1. The van der Waals surface area contributed by atoms with Gasteiger partial charge in [0.05, 0.1) is 17.6 Å². The van der Waals surface area contributed by atoms with Gasteiger partial charge in [0.1, 0.15) is 5.82 Å². The van der Waals surface area contributed by atoms with E-state index < -0.39 is 15.8 Å². The fraction of sp³-hybridized carbons (Fsp3) is 0.500. The number of sulfonamides is 1. The monoisotopic (exact) mass is 316 g/mol. The second kappa shape index (κ2) is 6.89. The van der Waals surface area contributed by atoms with Gasteiger partial charge in [-0.2, -0.15) is 0 Å². The molecule has 0 aliphatic heterocycles. The number of carbonyl (C=O) groups is 1. The summed E-state index contributed by atoms with van der Waals surface area (Å²) in [6.07, 6.45) is 1.82. The maximum absolute atomic E-state index is 13.3. The number of hydrogen-bond acceptors (Lipinski definition) is 3. The Hall–Kier alpha value is -1.63. The van der Waals surface area contributed by atoms with E-state index in [2.05, 4.69) is 10.0 Å². The Balaban J connectivity index is 3.00. The lowest BCUT2D eigenvalue weighted by Crippen LogP contribution is -2.26. The van der Waals surface area contributed by atoms with E-state index in [1.165, 1.54) is 6.07 Å². The highest BCUT2D eigenvalue weighted by Crippen LogP contribution is 2.25. The predicted octanol–water partition coefficient (Wildman–Crippen LogP) is 2.82. The molecule has 1 aromatic carbocycles. The van der Waals surface area contributed by atoms with Gasteiger partial charge in [-0.05, 0) is 18.1 Å². The summed E-state index contributed by atoms with van der Waals surface area (Å²) in [6.45, 7) is 5.75. The third-order valence-electron chi connectivity index (χ3n) is 3.45. The van der Waals surface area contributed by atoms with E-state index in [4.69, 9.17) is 0 Å². The summed E-state index contributed by atoms with van der Waals surface area (Å²) in [7, 11) is -3.56. The van der Waals surface area contributed by atoms with E-state index in [1.807, 2.05) is 13.8 Å². The van der Waals surface area contributed by atoms with Crippen molar-refractivity contribution in [3.05, 3.63) is 24.0 Å². The van der Waals surface area contributed by atoms with Gasteiger partial charge in [0.25, 0.3) is 0 Å². The molecular weight excluding hydrogens is 295 g/mol. The van der Waals surface area contributed by atoms with Gasteiger partial charge in [-0.15, -0.1) is 0 Å². The number of anilines is 2. The number of rotatable bonds is 6. The second-order valence-electron chi connectivity index (χ2n) is 5.23. The van der Waals surface area contributed by atoms with Gasteiger partial charge in [-0.25, -0.2) is 12.8 Å². The lowest BCUT2D eigenvalue weighted by Gasteiger charge is -2.19. The van der Waals surface area contributed by atoms with Crippen molar-refractivity contribution in [1.29, 1.82) is 0 Å². The molecule has 0 unspecified atom stereocenters. The van der Waals surface area contributed by atoms with Crippen LogP contribution in [0.15, 0.2) is 18.2 Å². The van der Waals surface area contributed by atoms with Crippen LogP contribution in [0.5, 0.6) is 0 Å². The molecule has 21 heavy (non-hydrogen) atoms. The zero-order valence-corrected chi connectivity index (χ0v) is 13.4. The number of nitrogens with one attached hydrogen (secondary N) is 2. The van der Waals surface area contributed by atoms with Crippen molar-refractivity contribution in [3.63, 3.8) is 0 Å². The molecular formula is C14H21FN2O3S. The summed E-state index contributed by atoms with van der Waals surface area (Å²) < 4.78 is 38.0. The van der Waals surface area contributed by atoms with Crippen LogP contribution in [0, 0.1) is 17.7 Å². The zero-order valence-electron chi connectivity index (χ0n) is 12.6. The fourth-order valence-electron chi connectivity index (χ4n) is 1.77. The van der Waals surface area contributed by atoms with Gasteiger partial charge in [0, 0.05) is 12.0 Å². The minimum Gasteiger partial charge on any atom is -0.324 e. The molecule has 2 N–H and O–H groups in total. The van der Waals surface area contributed by atoms with Crippen LogP contribution in [-0.2, 0) is 14.8 Å². The minimum absolute atomic E-state index is 0.0159. The summed E-state index contributed by atoms with van der Waals surface area (Å²) in [4.78, 5) is 12.1. The Morgan fingerprint density at radius 1 is 1.29 bits per heavy atom. The largest absolute Gasteiger partial charge is 0.324 e. The molecule has 1 aromatic rings. The first-order chi connectivity index (χ1) is 9.64. The fourth-order valence-corrected chi connectivity index (χ4v) is 2.34. The Morgan fingerprint density at radius 3 is 2.43 bits per heavy atom. The highest BCUT2D eigenvalue weighted by Gasteiger charge is 2.20. The van der Waals surface area contributed by atoms with Crippen LogP contribution >= 0.6 is 0 Å². The first-order valence-corrected chi connectivity index (χ1v) is 8.61. The number of hydrogen-bond donors (Lipinski definition) is 2. The summed E-state index contributed by atoms with van der Waals surface area (Å²) in [6, 6.07) is 3.53. The Morgan fingerprint density at radius 2 is 1.90 bits per heavy atom. The molecule has 0 aromatic heterocycles. The highest BCUT2D eigenvalue weighted by atomic mass is 32.2. The zero-order chi connectivity index (χ0) is 16.2. The topological polar surface area (TPSA) is 75.3 Å². The third kappa shape index (κ3) is 5.34. The van der Waals surface area contributed by atoms with Crippen LogP contribution in [-0.4, -0.2) is 20.6 Å². The van der Waals surface area contributed by atoms with E-state index >= 15 is 0 Å². The average Bonchev–Trinajstić information content (AvgIpc) is 2.38. The molecule has 7 heteroatoms. The maximum Gasteiger partial charge on any atom is 0.229 e. The van der Waals surface area contributed by atoms with Gasteiger partial charge >= 0.3 is 0 Å². The lowest BCUT2D eigenvalue weighted by atomic mass is 9.93. The average molecular weight is 316 g/mol. The van der Waals surface area contributed by atoms with Crippen LogP contribution in [0.3, 0.4) is 0 Å². The van der Waals surface area contributed by atoms with Crippen molar-refractivity contribution in [3.8, 4) is 0 Å². The van der Waals surface area contributed by atoms with Crippen LogP contribution in [0.4, 0.5) is 15.8 Å². The van der Waals surface area contributed by atoms with Crippen molar-refractivity contribution >= 4 is 27.3 Å². The van der Waals surface area contributed by atoms with Gasteiger partial charge in [-0.3, -0.25) is 9.52 Å². The molecule has 1 rings (SSSR count). The SMILES string of the molecule is CC[C@H](C)[C@@H](C)C(=O)Nc1ccc(F)cc1NS(C)(=O)=O. The summed E-state index contributed by atoms with van der Waals surface area (Å²) in [5.74, 6) is -0.857. The summed E-state index contributed by atoms with van der Waals surface area (Å²) >= 11 is 0. The molecule has 2 atom stereocenters. The predicted molar refractivity (Wildman–Crippen MR) is 82.1 cm³/mol. The molecule has 0 aliphatic rings. The van der Waals surface area contributed by atoms with Crippen molar-refractivity contribution in [2.75, 3.05) is 16.3 Å². The third-order valence-corrected chi connectivity index (χ3v) is 4.04. The Bertz CT molecular complexity index is 617. The van der Waals surface area contributed by atoms with Gasteiger partial charge in [0.15, 0.2) is 0 Å². The number of amides is 1. The minimum atomic E-state index is -3.56. The number of carbonyl (C=O) groups excluding carboxylic acids is 1. The smallest absolute Gasteiger partial charge is 0.229 e. The summed E-state index contributed by atoms with van der Waals surface area (Å²) in [5, 5.41) is 2.64. The summed E-state index contributed by atoms with van der Waals surface area (Å²) in [5.41, 5.74) is 0.254. The molecule has 0 saturated carbocycles. The highest BCUT2D eigenvalue weighted by molar-refractivity contribution is 7.92. The molecule has 1 amide bonds. The lowest BCUT2D eigenvalue weighted by molar-refractivity contribution is -0.120. The second-order valence-corrected chi connectivity index (χ2v) is 6.98. The van der Waals surface area contributed by atoms with E-state index in [1.54, 1.807) is 6.92 Å². The molecule has 0 bridgehead atoms. The van der Waals surface area contributed by atoms with E-state index in [0.717, 1.165) is 24.8 Å². The Labute approximate surface area is 125 Å². The van der Waals surface area contributed by atoms with E-state index in [0.29, 0.717) is 0 Å². The van der Waals surface area contributed by atoms with Crippen molar-refractivity contribution in [2.24, 2.45) is 11.8 Å². The first-order valence-electron chi connectivity index (χ1n) is 6.72. The molecule has 5 nitrogen and oxygen atoms in total. The van der Waals surface area contributed by atoms with Gasteiger partial charge < -0.3 is 5.32 Å². The van der Waals surface area contributed by atoms with Gasteiger partial charge in [-0.1, -0.05) is 27.2 Å². The van der Waals surface area contributed by atoms with Gasteiger partial charge in [0.2, 0.25) is 15.9 Å². The number of halogens is 1. The maximum atomic E-state index is 13.3. The van der Waals surface area contributed by atoms with Crippen molar-refractivity contribution in [2.45, 2.75) is 27.2 Å². The molecule has 0 fully saturated rings. The molecule has 0 spiro atoms. The molecule has 0 radical (unpaired) electrons. The quantitative estimate of drug-likeness (QED) is 0.847. The normalized spacial score (nSPS) is 14.3. The van der Waals surface area contributed by atoms with E-state index in [9.17, 15) is 17.6 Å². The molecule has 0 heterocycles. The van der Waals surface area contributed by atoms with Crippen molar-refractivity contribution in [1.82, 2.24) is 0 Å². The molecule has 0 aliphatic carbocycles. The Kier molecular flexibility index (Phi) is 5.71. The van der Waals surface area contributed by atoms with Crippen LogP contribution in [0.1, 0.15) is 27.2 Å². The van der Waals surface area contributed by atoms with Crippen LogP contribution < -0.4 is 10.0 Å². The molecule has 0 saturated heterocycles. The van der Waals surface area contributed by atoms with E-state index in [-0.39, 0.29) is 29.1 Å². The van der Waals surface area contributed by atoms with Crippen molar-refractivity contribution < 1.29 is 17.6 Å². The van der Waals surface area contributed by atoms with Crippen LogP contribution in [0.2, 0.25) is 0 Å².